The zero-order valence-electron chi connectivity index (χ0n) is 10.3. The number of aryl methyl sites for hydroxylation is 1. The highest BCUT2D eigenvalue weighted by atomic mass is 35.5. The van der Waals surface area contributed by atoms with Gasteiger partial charge in [0, 0.05) is 17.8 Å². The summed E-state index contributed by atoms with van der Waals surface area (Å²) in [4.78, 5) is 18.1. The van der Waals surface area contributed by atoms with Gasteiger partial charge < -0.3 is 4.74 Å². The molecular formula is C11H10ClN5O3. The molecule has 0 spiro atoms. The molecule has 8 nitrogen and oxygen atoms in total. The van der Waals surface area contributed by atoms with Crippen molar-refractivity contribution in [2.24, 2.45) is 5.84 Å². The van der Waals surface area contributed by atoms with Gasteiger partial charge in [0.25, 0.3) is 5.69 Å². The maximum atomic E-state index is 10.7. The van der Waals surface area contributed by atoms with Crippen molar-refractivity contribution < 1.29 is 9.66 Å². The van der Waals surface area contributed by atoms with E-state index in [0.29, 0.717) is 5.69 Å². The Morgan fingerprint density at radius 2 is 2.15 bits per heavy atom. The second-order valence-electron chi connectivity index (χ2n) is 3.79. The smallest absolute Gasteiger partial charge is 0.273 e. The minimum atomic E-state index is -0.540. The Hall–Kier alpha value is -2.45. The van der Waals surface area contributed by atoms with Gasteiger partial charge >= 0.3 is 0 Å². The van der Waals surface area contributed by atoms with Gasteiger partial charge in [0.15, 0.2) is 5.75 Å². The molecule has 3 N–H and O–H groups in total. The van der Waals surface area contributed by atoms with Crippen molar-refractivity contribution in [2.45, 2.75) is 6.92 Å². The number of aromatic nitrogens is 2. The number of nitro groups is 1. The Labute approximate surface area is 118 Å². The molecule has 1 heterocycles. The van der Waals surface area contributed by atoms with E-state index in [1.54, 1.807) is 13.0 Å². The van der Waals surface area contributed by atoms with E-state index in [1.165, 1.54) is 18.2 Å². The lowest BCUT2D eigenvalue weighted by Crippen LogP contribution is -2.11. The normalized spacial score (nSPS) is 10.2. The monoisotopic (exact) mass is 295 g/mol. The fourth-order valence-electron chi connectivity index (χ4n) is 1.45. The number of rotatable bonds is 4. The minimum Gasteiger partial charge on any atom is -0.437 e. The number of nitrogens with one attached hydrogen (secondary N) is 1. The quantitative estimate of drug-likeness (QED) is 0.505. The van der Waals surface area contributed by atoms with Crippen LogP contribution in [0.3, 0.4) is 0 Å². The number of hydrogen-bond acceptors (Lipinski definition) is 7. The summed E-state index contributed by atoms with van der Waals surface area (Å²) in [5.41, 5.74) is 2.78. The Morgan fingerprint density at radius 1 is 1.40 bits per heavy atom. The molecule has 104 valence electrons. The van der Waals surface area contributed by atoms with E-state index < -0.39 is 4.92 Å². The molecule has 0 aliphatic rings. The number of nitrogens with two attached hydrogens (primary N) is 1. The molecule has 1 aromatic carbocycles. The number of anilines is 1. The van der Waals surface area contributed by atoms with E-state index in [4.69, 9.17) is 22.2 Å². The molecule has 0 amide bonds. The van der Waals surface area contributed by atoms with Crippen molar-refractivity contribution in [2.75, 3.05) is 5.43 Å². The first kappa shape index (κ1) is 14.0. The third kappa shape index (κ3) is 3.11. The topological polar surface area (TPSA) is 116 Å². The number of non-ortho nitro benzene ring substituents is 1. The van der Waals surface area contributed by atoms with Crippen LogP contribution in [0.4, 0.5) is 11.6 Å². The predicted molar refractivity (Wildman–Crippen MR) is 72.8 cm³/mol. The van der Waals surface area contributed by atoms with Gasteiger partial charge in [0.1, 0.15) is 0 Å². The van der Waals surface area contributed by atoms with E-state index in [-0.39, 0.29) is 28.3 Å². The second kappa shape index (κ2) is 5.68. The molecule has 1 aromatic heterocycles. The molecule has 0 aliphatic carbocycles. The lowest BCUT2D eigenvalue weighted by atomic mass is 10.3. The van der Waals surface area contributed by atoms with Crippen LogP contribution in [0.15, 0.2) is 24.3 Å². The maximum absolute atomic E-state index is 10.7. The zero-order chi connectivity index (χ0) is 14.7. The molecule has 0 aliphatic heterocycles. The number of nitrogens with zero attached hydrogens (tertiary/aromatic N) is 3. The van der Waals surface area contributed by atoms with Crippen LogP contribution in [0.5, 0.6) is 11.6 Å². The first-order valence-corrected chi connectivity index (χ1v) is 5.81. The van der Waals surface area contributed by atoms with Gasteiger partial charge in [0.2, 0.25) is 11.8 Å². The number of hydrogen-bond donors (Lipinski definition) is 2. The van der Waals surface area contributed by atoms with Crippen molar-refractivity contribution in [3.05, 3.63) is 45.1 Å². The highest BCUT2D eigenvalue weighted by Gasteiger charge is 2.12. The molecular weight excluding hydrogens is 286 g/mol. The molecule has 0 unspecified atom stereocenters. The van der Waals surface area contributed by atoms with Crippen LogP contribution in [0.1, 0.15) is 5.69 Å². The molecule has 2 aromatic rings. The fourth-order valence-corrected chi connectivity index (χ4v) is 1.61. The predicted octanol–water partition coefficient (Wildman–Crippen LogP) is 2.42. The number of ether oxygens (including phenoxy) is 1. The van der Waals surface area contributed by atoms with E-state index in [9.17, 15) is 10.1 Å². The summed E-state index contributed by atoms with van der Waals surface area (Å²) >= 11 is 5.93. The SMILES string of the molecule is Cc1cc(Oc2cc([N+](=O)[O-])ccc2Cl)nc(NN)n1. The summed E-state index contributed by atoms with van der Waals surface area (Å²) in [6, 6.07) is 5.43. The number of halogens is 1. The summed E-state index contributed by atoms with van der Waals surface area (Å²) in [6.45, 7) is 1.73. The fraction of sp³-hybridized carbons (Fsp3) is 0.0909. The lowest BCUT2D eigenvalue weighted by Gasteiger charge is -2.08. The molecule has 0 saturated heterocycles. The Balaban J connectivity index is 2.36. The third-order valence-corrected chi connectivity index (χ3v) is 2.61. The van der Waals surface area contributed by atoms with Crippen molar-refractivity contribution >= 4 is 23.2 Å². The summed E-state index contributed by atoms with van der Waals surface area (Å²) in [5, 5.41) is 11.0. The summed E-state index contributed by atoms with van der Waals surface area (Å²) in [7, 11) is 0. The van der Waals surface area contributed by atoms with Crippen molar-refractivity contribution in [3.63, 3.8) is 0 Å². The highest BCUT2D eigenvalue weighted by molar-refractivity contribution is 6.32. The Bertz CT molecular complexity index is 665. The largest absolute Gasteiger partial charge is 0.437 e. The standard InChI is InChI=1S/C11H10ClN5O3/c1-6-4-10(15-11(14-6)16-13)20-9-5-7(17(18)19)2-3-8(9)12/h2-5H,13H2,1H3,(H,14,15,16). The van der Waals surface area contributed by atoms with Crippen LogP contribution in [0.25, 0.3) is 0 Å². The number of hydrazine groups is 1. The van der Waals surface area contributed by atoms with Crippen molar-refractivity contribution in [1.82, 2.24) is 9.97 Å². The van der Waals surface area contributed by atoms with Crippen LogP contribution in [-0.2, 0) is 0 Å². The maximum Gasteiger partial charge on any atom is 0.273 e. The van der Waals surface area contributed by atoms with Gasteiger partial charge in [-0.3, -0.25) is 15.5 Å². The van der Waals surface area contributed by atoms with Crippen LogP contribution in [-0.4, -0.2) is 14.9 Å². The number of nitrogen functional groups attached to an aromatic ring is 1. The molecule has 0 atom stereocenters. The number of benzene rings is 1. The van der Waals surface area contributed by atoms with E-state index in [2.05, 4.69) is 15.4 Å². The average Bonchev–Trinajstić information content (AvgIpc) is 2.40. The molecule has 0 saturated carbocycles. The van der Waals surface area contributed by atoms with E-state index >= 15 is 0 Å². The lowest BCUT2D eigenvalue weighted by molar-refractivity contribution is -0.384. The van der Waals surface area contributed by atoms with Gasteiger partial charge in [-0.05, 0) is 13.0 Å². The van der Waals surface area contributed by atoms with E-state index in [1.807, 2.05) is 0 Å². The van der Waals surface area contributed by atoms with Crippen LogP contribution in [0, 0.1) is 17.0 Å². The Morgan fingerprint density at radius 3 is 2.80 bits per heavy atom. The van der Waals surface area contributed by atoms with Gasteiger partial charge in [-0.25, -0.2) is 10.8 Å². The van der Waals surface area contributed by atoms with Crippen LogP contribution < -0.4 is 16.0 Å². The summed E-state index contributed by atoms with van der Waals surface area (Å²) < 4.78 is 5.44. The Kier molecular flexibility index (Phi) is 3.97. The molecule has 0 fully saturated rings. The third-order valence-electron chi connectivity index (χ3n) is 2.30. The number of nitro benzene ring substituents is 1. The van der Waals surface area contributed by atoms with Crippen molar-refractivity contribution in [1.29, 1.82) is 0 Å². The van der Waals surface area contributed by atoms with E-state index in [0.717, 1.165) is 0 Å². The molecule has 20 heavy (non-hydrogen) atoms. The summed E-state index contributed by atoms with van der Waals surface area (Å²) in [6.07, 6.45) is 0. The van der Waals surface area contributed by atoms with Crippen LogP contribution >= 0.6 is 11.6 Å². The molecule has 2 rings (SSSR count). The van der Waals surface area contributed by atoms with Gasteiger partial charge in [-0.1, -0.05) is 11.6 Å². The highest BCUT2D eigenvalue weighted by Crippen LogP contribution is 2.32. The molecule has 0 radical (unpaired) electrons. The molecule has 9 heteroatoms. The first-order valence-electron chi connectivity index (χ1n) is 5.43. The second-order valence-corrected chi connectivity index (χ2v) is 4.20. The van der Waals surface area contributed by atoms with Crippen LogP contribution in [0.2, 0.25) is 5.02 Å². The molecule has 0 bridgehead atoms. The first-order chi connectivity index (χ1) is 9.49. The van der Waals surface area contributed by atoms with Gasteiger partial charge in [0.05, 0.1) is 16.0 Å². The zero-order valence-corrected chi connectivity index (χ0v) is 11.1. The minimum absolute atomic E-state index is 0.127. The summed E-state index contributed by atoms with van der Waals surface area (Å²) in [5.74, 6) is 5.70. The van der Waals surface area contributed by atoms with Crippen molar-refractivity contribution in [3.8, 4) is 11.6 Å². The van der Waals surface area contributed by atoms with Gasteiger partial charge in [-0.15, -0.1) is 0 Å². The average molecular weight is 296 g/mol. The van der Waals surface area contributed by atoms with Gasteiger partial charge in [-0.2, -0.15) is 4.98 Å².